The fraction of sp³-hybridized carbons (Fsp3) is 0.292. The van der Waals surface area contributed by atoms with Gasteiger partial charge in [0.25, 0.3) is 0 Å². The zero-order chi connectivity index (χ0) is 21.3. The van der Waals surface area contributed by atoms with Crippen molar-refractivity contribution in [3.63, 3.8) is 0 Å². The van der Waals surface area contributed by atoms with Crippen molar-refractivity contribution in [3.8, 4) is 0 Å². The first kappa shape index (κ1) is 20.5. The van der Waals surface area contributed by atoms with Crippen LogP contribution in [-0.4, -0.2) is 19.5 Å². The second kappa shape index (κ2) is 8.52. The summed E-state index contributed by atoms with van der Waals surface area (Å²) >= 11 is 6.16. The highest BCUT2D eigenvalue weighted by Gasteiger charge is 2.13. The van der Waals surface area contributed by atoms with Crippen LogP contribution in [0, 0.1) is 18.7 Å². The Kier molecular flexibility index (Phi) is 5.82. The Morgan fingerprint density at radius 3 is 2.83 bits per heavy atom. The van der Waals surface area contributed by atoms with E-state index in [1.165, 1.54) is 17.5 Å². The van der Waals surface area contributed by atoms with Crippen LogP contribution < -0.4 is 0 Å². The zero-order valence-electron chi connectivity index (χ0n) is 17.2. The maximum atomic E-state index is 13.7. The molecule has 1 aromatic carbocycles. The van der Waals surface area contributed by atoms with Crippen LogP contribution in [0.5, 0.6) is 0 Å². The second-order valence-corrected chi connectivity index (χ2v) is 8.22. The van der Waals surface area contributed by atoms with Gasteiger partial charge in [-0.25, -0.2) is 14.4 Å². The maximum absolute atomic E-state index is 13.7. The molecule has 1 atom stereocenters. The zero-order valence-corrected chi connectivity index (χ0v) is 18.0. The minimum absolute atomic E-state index is 0.262. The summed E-state index contributed by atoms with van der Waals surface area (Å²) in [7, 11) is 0. The predicted octanol–water partition coefficient (Wildman–Crippen LogP) is 6.30. The van der Waals surface area contributed by atoms with Gasteiger partial charge in [-0.15, -0.1) is 0 Å². The van der Waals surface area contributed by atoms with Gasteiger partial charge in [-0.1, -0.05) is 35.9 Å². The summed E-state index contributed by atoms with van der Waals surface area (Å²) in [6.45, 7) is 8.83. The highest BCUT2D eigenvalue weighted by Crippen LogP contribution is 2.25. The lowest BCUT2D eigenvalue weighted by Crippen LogP contribution is -2.09. The van der Waals surface area contributed by atoms with Crippen molar-refractivity contribution in [2.75, 3.05) is 0 Å². The van der Waals surface area contributed by atoms with Crippen molar-refractivity contribution in [3.05, 3.63) is 77.2 Å². The van der Waals surface area contributed by atoms with E-state index in [2.05, 4.69) is 45.2 Å². The summed E-state index contributed by atoms with van der Waals surface area (Å²) in [4.78, 5) is 12.8. The van der Waals surface area contributed by atoms with E-state index in [1.807, 2.05) is 18.3 Å². The molecule has 0 aliphatic rings. The average Bonchev–Trinajstić information content (AvgIpc) is 3.13. The summed E-state index contributed by atoms with van der Waals surface area (Å²) in [5.74, 6) is 0.125. The molecule has 4 aromatic rings. The molecule has 0 radical (unpaired) electrons. The molecular weight excluding hydrogens is 399 g/mol. The van der Waals surface area contributed by atoms with E-state index in [-0.39, 0.29) is 5.82 Å². The SMILES string of the molecule is C=C(C)C(CCc1ccc2cc(F)c(C)nc2c1)CCn1ccc2c(Cl)ncnc21. The molecule has 0 amide bonds. The van der Waals surface area contributed by atoms with Crippen molar-refractivity contribution in [2.45, 2.75) is 39.7 Å². The Bertz CT molecular complexity index is 1230. The molecule has 0 aliphatic carbocycles. The molecule has 30 heavy (non-hydrogen) atoms. The summed E-state index contributed by atoms with van der Waals surface area (Å²) in [6.07, 6.45) is 6.40. The van der Waals surface area contributed by atoms with Crippen LogP contribution >= 0.6 is 11.6 Å². The number of aromatic nitrogens is 4. The summed E-state index contributed by atoms with van der Waals surface area (Å²) < 4.78 is 15.8. The number of hydrogen-bond acceptors (Lipinski definition) is 3. The first-order valence-electron chi connectivity index (χ1n) is 10.1. The number of rotatable bonds is 7. The molecule has 0 saturated carbocycles. The molecule has 1 unspecified atom stereocenters. The summed E-state index contributed by atoms with van der Waals surface area (Å²) in [5, 5.41) is 2.19. The minimum Gasteiger partial charge on any atom is -0.332 e. The molecule has 4 rings (SSSR count). The molecule has 0 bridgehead atoms. The van der Waals surface area contributed by atoms with E-state index in [0.29, 0.717) is 16.8 Å². The normalized spacial score (nSPS) is 12.5. The molecule has 0 fully saturated rings. The molecule has 0 aliphatic heterocycles. The van der Waals surface area contributed by atoms with Crippen molar-refractivity contribution in [1.29, 1.82) is 0 Å². The summed E-state index contributed by atoms with van der Waals surface area (Å²) in [5.41, 5.74) is 4.52. The van der Waals surface area contributed by atoms with Crippen molar-refractivity contribution in [1.82, 2.24) is 19.5 Å². The number of hydrogen-bond donors (Lipinski definition) is 0. The number of benzene rings is 1. The molecule has 0 spiro atoms. The van der Waals surface area contributed by atoms with E-state index in [0.717, 1.165) is 47.7 Å². The quantitative estimate of drug-likeness (QED) is 0.259. The number of nitrogens with zero attached hydrogens (tertiary/aromatic N) is 4. The Morgan fingerprint density at radius 1 is 1.20 bits per heavy atom. The lowest BCUT2D eigenvalue weighted by atomic mass is 9.91. The van der Waals surface area contributed by atoms with Gasteiger partial charge in [-0.05, 0) is 62.8 Å². The number of fused-ring (bicyclic) bond motifs is 2. The molecule has 3 aromatic heterocycles. The highest BCUT2D eigenvalue weighted by molar-refractivity contribution is 6.33. The molecule has 4 nitrogen and oxygen atoms in total. The standard InChI is InChI=1S/C24H24ClFN4/c1-15(2)18(8-10-30-11-9-20-23(25)27-14-28-24(20)30)6-4-17-5-7-19-13-21(26)16(3)29-22(19)12-17/h5,7,9,11-14,18H,1,4,6,8,10H2,2-3H3. The maximum Gasteiger partial charge on any atom is 0.145 e. The number of pyridine rings is 1. The Balaban J connectivity index is 1.45. The van der Waals surface area contributed by atoms with Crippen molar-refractivity contribution >= 4 is 33.5 Å². The third kappa shape index (κ3) is 4.21. The van der Waals surface area contributed by atoms with Gasteiger partial charge in [0.05, 0.1) is 16.6 Å². The molecule has 6 heteroatoms. The third-order valence-electron chi connectivity index (χ3n) is 5.72. The van der Waals surface area contributed by atoms with Crippen LogP contribution in [0.4, 0.5) is 4.39 Å². The van der Waals surface area contributed by atoms with Gasteiger partial charge in [-0.2, -0.15) is 0 Å². The van der Waals surface area contributed by atoms with E-state index >= 15 is 0 Å². The predicted molar refractivity (Wildman–Crippen MR) is 120 cm³/mol. The fourth-order valence-corrected chi connectivity index (χ4v) is 4.06. The van der Waals surface area contributed by atoms with Crippen molar-refractivity contribution < 1.29 is 4.39 Å². The summed E-state index contributed by atoms with van der Waals surface area (Å²) in [6, 6.07) is 9.59. The van der Waals surface area contributed by atoms with Gasteiger partial charge in [-0.3, -0.25) is 4.98 Å². The number of aryl methyl sites for hydroxylation is 3. The molecule has 3 heterocycles. The molecular formula is C24H24ClFN4. The van der Waals surface area contributed by atoms with Crippen molar-refractivity contribution in [2.24, 2.45) is 5.92 Å². The molecule has 0 N–H and O–H groups in total. The minimum atomic E-state index is -0.262. The first-order valence-corrected chi connectivity index (χ1v) is 10.5. The first-order chi connectivity index (χ1) is 14.4. The molecule has 0 saturated heterocycles. The molecule has 154 valence electrons. The van der Waals surface area contributed by atoms with Gasteiger partial charge >= 0.3 is 0 Å². The Morgan fingerprint density at radius 2 is 2.03 bits per heavy atom. The van der Waals surface area contributed by atoms with E-state index in [4.69, 9.17) is 11.6 Å². The van der Waals surface area contributed by atoms with Gasteiger partial charge in [0, 0.05) is 18.1 Å². The average molecular weight is 423 g/mol. The topological polar surface area (TPSA) is 43.6 Å². The number of allylic oxidation sites excluding steroid dienone is 1. The van der Waals surface area contributed by atoms with Crippen LogP contribution in [0.3, 0.4) is 0 Å². The van der Waals surface area contributed by atoms with Gasteiger partial charge in [0.15, 0.2) is 0 Å². The highest BCUT2D eigenvalue weighted by atomic mass is 35.5. The third-order valence-corrected chi connectivity index (χ3v) is 6.02. The van der Waals surface area contributed by atoms with E-state index in [9.17, 15) is 4.39 Å². The monoisotopic (exact) mass is 422 g/mol. The largest absolute Gasteiger partial charge is 0.332 e. The van der Waals surface area contributed by atoms with Crippen LogP contribution in [0.2, 0.25) is 5.15 Å². The van der Waals surface area contributed by atoms with Crippen LogP contribution in [0.1, 0.15) is 31.0 Å². The van der Waals surface area contributed by atoms with Gasteiger partial charge in [0.2, 0.25) is 0 Å². The van der Waals surface area contributed by atoms with Gasteiger partial charge in [0.1, 0.15) is 22.9 Å². The van der Waals surface area contributed by atoms with Crippen LogP contribution in [0.25, 0.3) is 21.9 Å². The lowest BCUT2D eigenvalue weighted by Gasteiger charge is -2.18. The van der Waals surface area contributed by atoms with E-state index < -0.39 is 0 Å². The number of halogens is 2. The lowest BCUT2D eigenvalue weighted by molar-refractivity contribution is 0.477. The second-order valence-electron chi connectivity index (χ2n) is 7.86. The van der Waals surface area contributed by atoms with Crippen LogP contribution in [-0.2, 0) is 13.0 Å². The van der Waals surface area contributed by atoms with Crippen LogP contribution in [0.15, 0.2) is 55.0 Å². The Labute approximate surface area is 180 Å². The Hall–Kier alpha value is -2.79. The van der Waals surface area contributed by atoms with E-state index in [1.54, 1.807) is 13.0 Å². The fourth-order valence-electron chi connectivity index (χ4n) is 3.86. The van der Waals surface area contributed by atoms with Gasteiger partial charge < -0.3 is 4.57 Å². The smallest absolute Gasteiger partial charge is 0.145 e.